The van der Waals surface area contributed by atoms with Crippen molar-refractivity contribution in [2.45, 2.75) is 0 Å². The molecule has 0 saturated heterocycles. The minimum atomic E-state index is -0.866. The van der Waals surface area contributed by atoms with Gasteiger partial charge in [-0.05, 0) is 32.7 Å². The van der Waals surface area contributed by atoms with Crippen LogP contribution in [0.5, 0.6) is 0 Å². The summed E-state index contributed by atoms with van der Waals surface area (Å²) in [5.41, 5.74) is -2.06. The molecule has 6 nitrogen and oxygen atoms in total. The van der Waals surface area contributed by atoms with Crippen LogP contribution >= 0.6 is 0 Å². The lowest BCUT2D eigenvalue weighted by Gasteiger charge is -2.13. The Hall–Kier alpha value is -5.10. The maximum Gasteiger partial charge on any atom is 0.347 e. The molecule has 5 aromatic carbocycles. The van der Waals surface area contributed by atoms with Crippen LogP contribution in [0.25, 0.3) is 65.3 Å². The summed E-state index contributed by atoms with van der Waals surface area (Å²) < 4.78 is 10.2. The molecular weight excluding hydrogens is 456 g/mol. The van der Waals surface area contributed by atoms with Crippen LogP contribution in [0.4, 0.5) is 0 Å². The van der Waals surface area contributed by atoms with Gasteiger partial charge in [0.15, 0.2) is 0 Å². The van der Waals surface area contributed by atoms with E-state index in [9.17, 15) is 19.2 Å². The number of rotatable bonds is 2. The van der Waals surface area contributed by atoms with Crippen molar-refractivity contribution in [3.8, 4) is 22.3 Å². The Morgan fingerprint density at radius 1 is 0.389 bits per heavy atom. The number of fused-ring (bicyclic) bond motifs is 4. The van der Waals surface area contributed by atoms with E-state index in [-0.39, 0.29) is 32.7 Å². The summed E-state index contributed by atoms with van der Waals surface area (Å²) >= 11 is 0. The van der Waals surface area contributed by atoms with Gasteiger partial charge in [0.2, 0.25) is 0 Å². The summed E-state index contributed by atoms with van der Waals surface area (Å²) in [6, 6.07) is 25.8. The first-order valence-electron chi connectivity index (χ1n) is 11.3. The summed E-state index contributed by atoms with van der Waals surface area (Å²) in [7, 11) is 0. The highest BCUT2D eigenvalue weighted by Gasteiger charge is 2.30. The van der Waals surface area contributed by atoms with Gasteiger partial charge in [-0.1, -0.05) is 84.9 Å². The molecule has 0 aliphatic carbocycles. The molecule has 0 atom stereocenters. The zero-order valence-corrected chi connectivity index (χ0v) is 18.5. The second-order valence-corrected chi connectivity index (χ2v) is 8.66. The molecule has 36 heavy (non-hydrogen) atoms. The van der Waals surface area contributed by atoms with Gasteiger partial charge in [0.05, 0.1) is 21.5 Å². The van der Waals surface area contributed by atoms with Crippen molar-refractivity contribution in [2.75, 3.05) is 0 Å². The summed E-state index contributed by atoms with van der Waals surface area (Å²) in [4.78, 5) is 52.6. The Labute approximate surface area is 201 Å². The van der Waals surface area contributed by atoms with Crippen LogP contribution in [0.2, 0.25) is 0 Å². The van der Waals surface area contributed by atoms with Crippen LogP contribution in [-0.2, 0) is 0 Å². The van der Waals surface area contributed by atoms with Crippen LogP contribution < -0.4 is 22.5 Å². The van der Waals surface area contributed by atoms with Crippen molar-refractivity contribution in [1.29, 1.82) is 0 Å². The second-order valence-electron chi connectivity index (χ2n) is 8.66. The van der Waals surface area contributed by atoms with Gasteiger partial charge in [0.1, 0.15) is 0 Å². The van der Waals surface area contributed by atoms with E-state index in [1.54, 1.807) is 24.3 Å². The van der Waals surface area contributed by atoms with Crippen LogP contribution in [0.3, 0.4) is 0 Å². The molecule has 2 heterocycles. The Kier molecular flexibility index (Phi) is 4.06. The summed E-state index contributed by atoms with van der Waals surface area (Å²) in [6.45, 7) is 0. The van der Waals surface area contributed by atoms with E-state index in [0.717, 1.165) is 21.5 Å². The largest absolute Gasteiger partial charge is 0.386 e. The number of hydrogen-bond donors (Lipinski definition) is 0. The summed E-state index contributed by atoms with van der Waals surface area (Å²) in [5, 5.41) is 3.09. The van der Waals surface area contributed by atoms with Gasteiger partial charge in [-0.15, -0.1) is 0 Å². The van der Waals surface area contributed by atoms with Crippen molar-refractivity contribution in [1.82, 2.24) is 0 Å². The topological polar surface area (TPSA) is 94.6 Å². The maximum atomic E-state index is 13.2. The van der Waals surface area contributed by atoms with Gasteiger partial charge in [0, 0.05) is 11.1 Å². The van der Waals surface area contributed by atoms with Crippen molar-refractivity contribution < 1.29 is 8.83 Å². The van der Waals surface area contributed by atoms with E-state index in [1.807, 2.05) is 60.7 Å². The molecule has 0 spiro atoms. The maximum absolute atomic E-state index is 13.2. The summed E-state index contributed by atoms with van der Waals surface area (Å²) in [5.74, 6) is 0. The molecule has 0 saturated carbocycles. The summed E-state index contributed by atoms with van der Waals surface area (Å²) in [6.07, 6.45) is 0. The molecule has 0 aliphatic heterocycles. The zero-order chi connectivity index (χ0) is 24.6. The Morgan fingerprint density at radius 2 is 0.722 bits per heavy atom. The monoisotopic (exact) mass is 470 g/mol. The molecule has 0 N–H and O–H groups in total. The highest BCUT2D eigenvalue weighted by molar-refractivity contribution is 6.24. The third-order valence-electron chi connectivity index (χ3n) is 6.81. The number of furan rings is 2. The molecule has 7 rings (SSSR count). The second kappa shape index (κ2) is 7.20. The third-order valence-corrected chi connectivity index (χ3v) is 6.81. The molecule has 2 aromatic heterocycles. The van der Waals surface area contributed by atoms with Gasteiger partial charge >= 0.3 is 22.5 Å². The first-order valence-corrected chi connectivity index (χ1v) is 11.3. The molecule has 0 aliphatic rings. The van der Waals surface area contributed by atoms with Gasteiger partial charge in [0.25, 0.3) is 0 Å². The lowest BCUT2D eigenvalue weighted by molar-refractivity contribution is 0.499. The average Bonchev–Trinajstić information content (AvgIpc) is 3.36. The molecule has 0 unspecified atom stereocenters. The Bertz CT molecular complexity index is 1990. The van der Waals surface area contributed by atoms with E-state index < -0.39 is 22.5 Å². The number of hydrogen-bond acceptors (Lipinski definition) is 6. The van der Waals surface area contributed by atoms with Crippen LogP contribution in [0, 0.1) is 0 Å². The van der Waals surface area contributed by atoms with E-state index in [1.165, 1.54) is 0 Å². The van der Waals surface area contributed by atoms with Gasteiger partial charge < -0.3 is 8.83 Å². The van der Waals surface area contributed by atoms with Gasteiger partial charge in [-0.25, -0.2) is 19.2 Å². The minimum absolute atomic E-state index is 0.0373. The van der Waals surface area contributed by atoms with Gasteiger partial charge in [-0.3, -0.25) is 0 Å². The zero-order valence-electron chi connectivity index (χ0n) is 18.5. The molecule has 0 bridgehead atoms. The quantitative estimate of drug-likeness (QED) is 0.347. The minimum Gasteiger partial charge on any atom is -0.386 e. The van der Waals surface area contributed by atoms with Crippen molar-refractivity contribution >= 4 is 43.1 Å². The highest BCUT2D eigenvalue weighted by Crippen LogP contribution is 2.43. The number of benzene rings is 5. The normalized spacial score (nSPS) is 11.8. The predicted molar refractivity (Wildman–Crippen MR) is 139 cm³/mol. The van der Waals surface area contributed by atoms with Crippen molar-refractivity contribution in [3.05, 3.63) is 127 Å². The standard InChI is InChI=1S/C30H14O6/c31-27-23-21(19-13-5-9-15-7-1-3-11-17(15)19)24-26(30(34)36-28(24)32)22(25(23)29(33)35-27)20-14-6-10-16-8-2-4-12-18(16)20/h1-14H. The third kappa shape index (κ3) is 2.61. The lowest BCUT2D eigenvalue weighted by atomic mass is 9.86. The average molecular weight is 470 g/mol. The Balaban J connectivity index is 1.81. The fourth-order valence-corrected chi connectivity index (χ4v) is 5.36. The Morgan fingerprint density at radius 3 is 1.11 bits per heavy atom. The molecule has 7 aromatic rings. The van der Waals surface area contributed by atoms with E-state index in [2.05, 4.69) is 0 Å². The molecule has 0 radical (unpaired) electrons. The smallest absolute Gasteiger partial charge is 0.347 e. The predicted octanol–water partition coefficient (Wildman–Crippen LogP) is 5.14. The fraction of sp³-hybridized carbons (Fsp3) is 0. The first-order chi connectivity index (χ1) is 17.5. The molecular formula is C30H14O6. The van der Waals surface area contributed by atoms with Crippen LogP contribution in [0.1, 0.15) is 0 Å². The first kappa shape index (κ1) is 20.3. The van der Waals surface area contributed by atoms with Crippen LogP contribution in [0.15, 0.2) is 113 Å². The lowest BCUT2D eigenvalue weighted by Crippen LogP contribution is -2.03. The van der Waals surface area contributed by atoms with Crippen molar-refractivity contribution in [3.63, 3.8) is 0 Å². The SMILES string of the molecule is O=c1oc(=O)c2c(-c3cccc4ccccc34)c3c(=O)oc(=O)c3c(-c3cccc4ccccc34)c12. The molecule has 6 heteroatoms. The molecule has 0 fully saturated rings. The van der Waals surface area contributed by atoms with Gasteiger partial charge in [-0.2, -0.15) is 0 Å². The van der Waals surface area contributed by atoms with Crippen molar-refractivity contribution in [2.24, 2.45) is 0 Å². The van der Waals surface area contributed by atoms with E-state index >= 15 is 0 Å². The molecule has 170 valence electrons. The fourth-order valence-electron chi connectivity index (χ4n) is 5.36. The molecule has 0 amide bonds. The highest BCUT2D eigenvalue weighted by atomic mass is 16.4. The van der Waals surface area contributed by atoms with Crippen LogP contribution in [-0.4, -0.2) is 0 Å². The van der Waals surface area contributed by atoms with E-state index in [0.29, 0.717) is 11.1 Å². The van der Waals surface area contributed by atoms with E-state index in [4.69, 9.17) is 8.83 Å².